The Morgan fingerprint density at radius 2 is 1.65 bits per heavy atom. The molecule has 0 saturated heterocycles. The molecule has 20 heavy (non-hydrogen) atoms. The summed E-state index contributed by atoms with van der Waals surface area (Å²) in [6.07, 6.45) is 7.63. The number of aliphatic hydroxyl groups excluding tert-OH is 1. The smallest absolute Gasteiger partial charge is 0.300 e. The molecule has 0 aliphatic rings. The SMILES string of the molecule is C=C(C)[C@H](CO)CC=C(C)CCC=C(C)C.CC(=O)O. The fourth-order valence-electron chi connectivity index (χ4n) is 1.47. The van der Waals surface area contributed by atoms with E-state index in [4.69, 9.17) is 15.0 Å². The van der Waals surface area contributed by atoms with Crippen molar-refractivity contribution in [1.82, 2.24) is 0 Å². The van der Waals surface area contributed by atoms with Crippen molar-refractivity contribution in [1.29, 1.82) is 0 Å². The second-order valence-corrected chi connectivity index (χ2v) is 5.35. The van der Waals surface area contributed by atoms with E-state index in [1.807, 2.05) is 6.92 Å². The lowest BCUT2D eigenvalue weighted by Gasteiger charge is -2.11. The maximum absolute atomic E-state index is 9.16. The third-order valence-electron chi connectivity index (χ3n) is 2.76. The zero-order valence-corrected chi connectivity index (χ0v) is 13.6. The van der Waals surface area contributed by atoms with E-state index in [-0.39, 0.29) is 12.5 Å². The summed E-state index contributed by atoms with van der Waals surface area (Å²) in [6, 6.07) is 0. The molecule has 2 N–H and O–H groups in total. The highest BCUT2D eigenvalue weighted by molar-refractivity contribution is 5.62. The summed E-state index contributed by atoms with van der Waals surface area (Å²) in [4.78, 5) is 9.00. The molecule has 0 bridgehead atoms. The van der Waals surface area contributed by atoms with E-state index in [1.165, 1.54) is 11.1 Å². The molecular formula is C17H30O3. The van der Waals surface area contributed by atoms with Gasteiger partial charge >= 0.3 is 0 Å². The fourth-order valence-corrected chi connectivity index (χ4v) is 1.47. The predicted octanol–water partition coefficient (Wildman–Crippen LogP) is 4.34. The number of aliphatic carboxylic acids is 1. The van der Waals surface area contributed by atoms with E-state index in [1.54, 1.807) is 0 Å². The van der Waals surface area contributed by atoms with Crippen molar-refractivity contribution in [3.05, 3.63) is 35.5 Å². The van der Waals surface area contributed by atoms with Crippen LogP contribution in [0.2, 0.25) is 0 Å². The minimum absolute atomic E-state index is 0.201. The number of allylic oxidation sites excluding steroid dienone is 4. The van der Waals surface area contributed by atoms with Crippen molar-refractivity contribution in [2.75, 3.05) is 6.61 Å². The number of carboxylic acid groups (broad SMARTS) is 1. The molecule has 0 aromatic rings. The largest absolute Gasteiger partial charge is 0.481 e. The Morgan fingerprint density at radius 3 is 2.00 bits per heavy atom. The van der Waals surface area contributed by atoms with Gasteiger partial charge in [-0.3, -0.25) is 4.79 Å². The van der Waals surface area contributed by atoms with Crippen molar-refractivity contribution in [3.8, 4) is 0 Å². The summed E-state index contributed by atoms with van der Waals surface area (Å²) in [5.41, 5.74) is 3.84. The molecule has 0 amide bonds. The first-order chi connectivity index (χ1) is 9.20. The van der Waals surface area contributed by atoms with Gasteiger partial charge in [-0.2, -0.15) is 0 Å². The highest BCUT2D eigenvalue weighted by Gasteiger charge is 2.05. The Balaban J connectivity index is 0. The molecule has 0 heterocycles. The van der Waals surface area contributed by atoms with Crippen molar-refractivity contribution >= 4 is 5.97 Å². The molecule has 0 radical (unpaired) electrons. The Kier molecular flexibility index (Phi) is 13.3. The molecule has 0 spiro atoms. The van der Waals surface area contributed by atoms with Crippen molar-refractivity contribution in [3.63, 3.8) is 0 Å². The van der Waals surface area contributed by atoms with Crippen LogP contribution < -0.4 is 0 Å². The topological polar surface area (TPSA) is 57.5 Å². The summed E-state index contributed by atoms with van der Waals surface area (Å²) in [6.45, 7) is 13.6. The van der Waals surface area contributed by atoms with E-state index < -0.39 is 5.97 Å². The van der Waals surface area contributed by atoms with E-state index in [0.29, 0.717) is 0 Å². The second-order valence-electron chi connectivity index (χ2n) is 5.35. The van der Waals surface area contributed by atoms with Crippen LogP contribution in [-0.4, -0.2) is 22.8 Å². The minimum Gasteiger partial charge on any atom is -0.481 e. The summed E-state index contributed by atoms with van der Waals surface area (Å²) < 4.78 is 0. The molecule has 0 saturated carbocycles. The van der Waals surface area contributed by atoms with Gasteiger partial charge in [-0.05, 0) is 47.0 Å². The standard InChI is InChI=1S/C15H26O.C2H4O2/c1-12(2)7-6-8-14(5)9-10-15(11-16)13(3)4;1-2(3)4/h7,9,15-16H,3,6,8,10-11H2,1-2,4-5H3;1H3,(H,3,4)/t15-;/m0./s1. The van der Waals surface area contributed by atoms with Gasteiger partial charge in [-0.15, -0.1) is 0 Å². The molecule has 0 unspecified atom stereocenters. The average molecular weight is 282 g/mol. The zero-order chi connectivity index (χ0) is 16.1. The number of carbonyl (C=O) groups is 1. The van der Waals surface area contributed by atoms with Gasteiger partial charge in [0.25, 0.3) is 5.97 Å². The summed E-state index contributed by atoms with van der Waals surface area (Å²) >= 11 is 0. The molecule has 0 rings (SSSR count). The first-order valence-corrected chi connectivity index (χ1v) is 6.95. The number of hydrogen-bond acceptors (Lipinski definition) is 2. The van der Waals surface area contributed by atoms with Gasteiger partial charge in [0.2, 0.25) is 0 Å². The first-order valence-electron chi connectivity index (χ1n) is 6.95. The van der Waals surface area contributed by atoms with Gasteiger partial charge in [0.05, 0.1) is 0 Å². The Hall–Kier alpha value is -1.35. The van der Waals surface area contributed by atoms with Gasteiger partial charge in [0.1, 0.15) is 0 Å². The third-order valence-corrected chi connectivity index (χ3v) is 2.76. The summed E-state index contributed by atoms with van der Waals surface area (Å²) in [5.74, 6) is -0.613. The van der Waals surface area contributed by atoms with Gasteiger partial charge in [-0.1, -0.05) is 35.5 Å². The fraction of sp³-hybridized carbons (Fsp3) is 0.588. The van der Waals surface area contributed by atoms with Gasteiger partial charge in [0.15, 0.2) is 0 Å². The highest BCUT2D eigenvalue weighted by Crippen LogP contribution is 2.16. The lowest BCUT2D eigenvalue weighted by atomic mass is 9.97. The van der Waals surface area contributed by atoms with Crippen LogP contribution in [0.25, 0.3) is 0 Å². The molecule has 3 heteroatoms. The van der Waals surface area contributed by atoms with Crippen molar-refractivity contribution in [2.24, 2.45) is 5.92 Å². The molecular weight excluding hydrogens is 252 g/mol. The van der Waals surface area contributed by atoms with E-state index in [9.17, 15) is 0 Å². The maximum Gasteiger partial charge on any atom is 0.300 e. The van der Waals surface area contributed by atoms with Crippen LogP contribution in [0.15, 0.2) is 35.5 Å². The molecule has 0 aromatic carbocycles. The van der Waals surface area contributed by atoms with E-state index in [0.717, 1.165) is 31.8 Å². The van der Waals surface area contributed by atoms with Crippen LogP contribution >= 0.6 is 0 Å². The minimum atomic E-state index is -0.833. The number of hydrogen-bond donors (Lipinski definition) is 2. The van der Waals surface area contributed by atoms with Crippen molar-refractivity contribution < 1.29 is 15.0 Å². The monoisotopic (exact) mass is 282 g/mol. The number of aliphatic hydroxyl groups is 1. The molecule has 0 aliphatic heterocycles. The van der Waals surface area contributed by atoms with Crippen LogP contribution in [0.5, 0.6) is 0 Å². The average Bonchev–Trinajstić information content (AvgIpc) is 2.27. The van der Waals surface area contributed by atoms with Crippen LogP contribution in [-0.2, 0) is 4.79 Å². The molecule has 3 nitrogen and oxygen atoms in total. The van der Waals surface area contributed by atoms with E-state index in [2.05, 4.69) is 39.5 Å². The van der Waals surface area contributed by atoms with Crippen molar-refractivity contribution in [2.45, 2.75) is 53.9 Å². The zero-order valence-electron chi connectivity index (χ0n) is 13.6. The first kappa shape index (κ1) is 21.0. The van der Waals surface area contributed by atoms with Gasteiger partial charge in [-0.25, -0.2) is 0 Å². The van der Waals surface area contributed by atoms with Crippen LogP contribution in [0, 0.1) is 5.92 Å². The molecule has 0 fully saturated rings. The molecule has 0 aromatic heterocycles. The summed E-state index contributed by atoms with van der Waals surface area (Å²) in [7, 11) is 0. The Morgan fingerprint density at radius 1 is 1.15 bits per heavy atom. The maximum atomic E-state index is 9.16. The Bertz CT molecular complexity index is 343. The van der Waals surface area contributed by atoms with Crippen LogP contribution in [0.1, 0.15) is 53.9 Å². The number of rotatable bonds is 7. The third kappa shape index (κ3) is 16.6. The Labute approximate surface area is 123 Å². The van der Waals surface area contributed by atoms with Gasteiger partial charge < -0.3 is 10.2 Å². The van der Waals surface area contributed by atoms with E-state index >= 15 is 0 Å². The molecule has 1 atom stereocenters. The molecule has 116 valence electrons. The van der Waals surface area contributed by atoms with Crippen LogP contribution in [0.4, 0.5) is 0 Å². The lowest BCUT2D eigenvalue weighted by Crippen LogP contribution is -2.05. The quantitative estimate of drug-likeness (QED) is 0.683. The summed E-state index contributed by atoms with van der Waals surface area (Å²) in [5, 5.41) is 16.6. The second kappa shape index (κ2) is 12.7. The molecule has 0 aliphatic carbocycles. The highest BCUT2D eigenvalue weighted by atomic mass is 16.4. The van der Waals surface area contributed by atoms with Crippen LogP contribution in [0.3, 0.4) is 0 Å². The normalized spacial score (nSPS) is 12.0. The predicted molar refractivity (Wildman–Crippen MR) is 85.7 cm³/mol. The van der Waals surface area contributed by atoms with Gasteiger partial charge in [0, 0.05) is 19.4 Å². The lowest BCUT2D eigenvalue weighted by molar-refractivity contribution is -0.134. The number of carboxylic acids is 1.